The van der Waals surface area contributed by atoms with Gasteiger partial charge in [0, 0.05) is 17.3 Å². The number of ether oxygens (including phenoxy) is 1. The van der Waals surface area contributed by atoms with Gasteiger partial charge in [-0.15, -0.1) is 11.3 Å². The summed E-state index contributed by atoms with van der Waals surface area (Å²) in [4.78, 5) is 29.8. The Balaban J connectivity index is 1.33. The molecule has 2 amide bonds. The van der Waals surface area contributed by atoms with Crippen molar-refractivity contribution < 1.29 is 18.7 Å². The average Bonchev–Trinajstić information content (AvgIpc) is 3.47. The minimum atomic E-state index is -0.338. The molecule has 2 N–H and O–H groups in total. The molecule has 0 aliphatic carbocycles. The highest BCUT2D eigenvalue weighted by atomic mass is 35.5. The number of hydrogen-bond acceptors (Lipinski definition) is 6. The monoisotopic (exact) mass is 481 g/mol. The number of nitrogens with one attached hydrogen (secondary N) is 2. The van der Waals surface area contributed by atoms with E-state index in [0.717, 1.165) is 5.56 Å². The van der Waals surface area contributed by atoms with Crippen LogP contribution in [0, 0.1) is 6.92 Å². The first kappa shape index (κ1) is 22.6. The molecule has 168 valence electrons. The van der Waals surface area contributed by atoms with Crippen molar-refractivity contribution in [1.29, 1.82) is 0 Å². The lowest BCUT2D eigenvalue weighted by Gasteiger charge is -2.08. The number of benzene rings is 2. The largest absolute Gasteiger partial charge is 0.486 e. The first-order valence-corrected chi connectivity index (χ1v) is 11.2. The molecule has 0 atom stereocenters. The summed E-state index contributed by atoms with van der Waals surface area (Å²) in [5.41, 5.74) is 2.10. The van der Waals surface area contributed by atoms with Crippen molar-refractivity contribution >= 4 is 40.4 Å². The maximum absolute atomic E-state index is 12.7. The summed E-state index contributed by atoms with van der Waals surface area (Å²) in [7, 11) is 0. The van der Waals surface area contributed by atoms with Crippen LogP contribution in [0.5, 0.6) is 5.75 Å². The molecule has 0 fully saturated rings. The number of aryl methyl sites for hydroxylation is 1. The van der Waals surface area contributed by atoms with Crippen molar-refractivity contribution in [3.8, 4) is 5.75 Å². The molecule has 7 nitrogen and oxygen atoms in total. The number of anilines is 1. The SMILES string of the molecule is Cc1nc(COc2ccc(Cl)cc2)sc1C(=O)NCc1cccc(NC(=O)c2ccco2)c1. The van der Waals surface area contributed by atoms with Crippen LogP contribution >= 0.6 is 22.9 Å². The van der Waals surface area contributed by atoms with Crippen molar-refractivity contribution in [3.63, 3.8) is 0 Å². The number of halogens is 1. The Kier molecular flexibility index (Phi) is 7.07. The van der Waals surface area contributed by atoms with Gasteiger partial charge in [0.1, 0.15) is 22.2 Å². The van der Waals surface area contributed by atoms with Gasteiger partial charge in [0.15, 0.2) is 5.76 Å². The highest BCUT2D eigenvalue weighted by Gasteiger charge is 2.16. The Bertz CT molecular complexity index is 1250. The maximum Gasteiger partial charge on any atom is 0.291 e. The molecule has 0 aliphatic heterocycles. The Morgan fingerprint density at radius 1 is 1.09 bits per heavy atom. The lowest BCUT2D eigenvalue weighted by Crippen LogP contribution is -2.22. The van der Waals surface area contributed by atoms with Gasteiger partial charge in [-0.1, -0.05) is 23.7 Å². The van der Waals surface area contributed by atoms with E-state index in [1.54, 1.807) is 55.5 Å². The van der Waals surface area contributed by atoms with Crippen LogP contribution in [0.4, 0.5) is 5.69 Å². The zero-order chi connectivity index (χ0) is 23.2. The predicted octanol–water partition coefficient (Wildman–Crippen LogP) is 5.46. The molecular weight excluding hydrogens is 462 g/mol. The fraction of sp³-hybridized carbons (Fsp3) is 0.125. The minimum Gasteiger partial charge on any atom is -0.486 e. The second-order valence-corrected chi connectivity index (χ2v) is 8.60. The van der Waals surface area contributed by atoms with E-state index in [9.17, 15) is 9.59 Å². The zero-order valence-electron chi connectivity index (χ0n) is 17.6. The molecule has 2 heterocycles. The average molecular weight is 482 g/mol. The second kappa shape index (κ2) is 10.3. The van der Waals surface area contributed by atoms with E-state index in [1.165, 1.54) is 17.6 Å². The van der Waals surface area contributed by atoms with Crippen LogP contribution in [0.1, 0.15) is 36.5 Å². The first-order valence-electron chi connectivity index (χ1n) is 10.0. The van der Waals surface area contributed by atoms with Crippen LogP contribution in [-0.4, -0.2) is 16.8 Å². The lowest BCUT2D eigenvalue weighted by molar-refractivity contribution is 0.0952. The highest BCUT2D eigenvalue weighted by Crippen LogP contribution is 2.22. The standard InChI is InChI=1S/C24H20ClN3O4S/c1-15-22(33-21(27-15)14-32-19-9-7-17(25)8-10-19)24(30)26-13-16-4-2-5-18(12-16)28-23(29)20-6-3-11-31-20/h2-12H,13-14H2,1H3,(H,26,30)(H,28,29). The Morgan fingerprint density at radius 3 is 2.67 bits per heavy atom. The van der Waals surface area contributed by atoms with Crippen molar-refractivity contribution in [3.05, 3.63) is 98.9 Å². The molecule has 0 aliphatic rings. The third kappa shape index (κ3) is 6.00. The van der Waals surface area contributed by atoms with Gasteiger partial charge in [-0.05, 0) is 61.0 Å². The Hall–Kier alpha value is -3.62. The van der Waals surface area contributed by atoms with Crippen molar-refractivity contribution in [2.75, 3.05) is 5.32 Å². The number of rotatable bonds is 8. The maximum atomic E-state index is 12.7. The van der Waals surface area contributed by atoms with Crippen LogP contribution in [-0.2, 0) is 13.2 Å². The van der Waals surface area contributed by atoms with Crippen molar-refractivity contribution in [1.82, 2.24) is 10.3 Å². The van der Waals surface area contributed by atoms with Gasteiger partial charge in [0.05, 0.1) is 12.0 Å². The number of nitrogens with zero attached hydrogens (tertiary/aromatic N) is 1. The van der Waals surface area contributed by atoms with E-state index in [4.69, 9.17) is 20.8 Å². The molecule has 0 spiro atoms. The van der Waals surface area contributed by atoms with Crippen LogP contribution in [0.15, 0.2) is 71.3 Å². The topological polar surface area (TPSA) is 93.5 Å². The number of furan rings is 1. The first-order chi connectivity index (χ1) is 16.0. The third-order valence-corrected chi connectivity index (χ3v) is 5.99. The molecule has 0 saturated carbocycles. The molecule has 33 heavy (non-hydrogen) atoms. The van der Waals surface area contributed by atoms with Gasteiger partial charge < -0.3 is 19.8 Å². The number of carbonyl (C=O) groups excluding carboxylic acids is 2. The third-order valence-electron chi connectivity index (χ3n) is 4.61. The quantitative estimate of drug-likeness (QED) is 0.348. The Labute approximate surface area is 199 Å². The van der Waals surface area contributed by atoms with Gasteiger partial charge >= 0.3 is 0 Å². The van der Waals surface area contributed by atoms with Gasteiger partial charge in [-0.25, -0.2) is 4.98 Å². The molecule has 0 saturated heterocycles. The molecule has 0 radical (unpaired) electrons. The highest BCUT2D eigenvalue weighted by molar-refractivity contribution is 7.13. The van der Waals surface area contributed by atoms with E-state index < -0.39 is 0 Å². The van der Waals surface area contributed by atoms with E-state index >= 15 is 0 Å². The van der Waals surface area contributed by atoms with Gasteiger partial charge in [-0.3, -0.25) is 9.59 Å². The summed E-state index contributed by atoms with van der Waals surface area (Å²) in [5.74, 6) is 0.352. The minimum absolute atomic E-state index is 0.215. The second-order valence-electron chi connectivity index (χ2n) is 7.08. The van der Waals surface area contributed by atoms with E-state index in [1.807, 2.05) is 12.1 Å². The number of carbonyl (C=O) groups is 2. The molecule has 9 heteroatoms. The molecule has 0 unspecified atom stereocenters. The predicted molar refractivity (Wildman–Crippen MR) is 127 cm³/mol. The Morgan fingerprint density at radius 2 is 1.91 bits per heavy atom. The fourth-order valence-corrected chi connectivity index (χ4v) is 4.04. The molecule has 2 aromatic carbocycles. The number of aromatic nitrogens is 1. The van der Waals surface area contributed by atoms with Crippen LogP contribution < -0.4 is 15.4 Å². The summed E-state index contributed by atoms with van der Waals surface area (Å²) in [5, 5.41) is 7.01. The fourth-order valence-electron chi connectivity index (χ4n) is 3.02. The lowest BCUT2D eigenvalue weighted by atomic mass is 10.2. The van der Waals surface area contributed by atoms with Crippen molar-refractivity contribution in [2.45, 2.75) is 20.1 Å². The van der Waals surface area contributed by atoms with E-state index in [2.05, 4.69) is 15.6 Å². The molecule has 4 rings (SSSR count). The van der Waals surface area contributed by atoms with Gasteiger partial charge in [-0.2, -0.15) is 0 Å². The van der Waals surface area contributed by atoms with Gasteiger partial charge in [0.2, 0.25) is 0 Å². The summed E-state index contributed by atoms with van der Waals surface area (Å²) in [6, 6.07) is 17.5. The van der Waals surface area contributed by atoms with Crippen LogP contribution in [0.2, 0.25) is 5.02 Å². The smallest absolute Gasteiger partial charge is 0.291 e. The molecule has 4 aromatic rings. The zero-order valence-corrected chi connectivity index (χ0v) is 19.2. The van der Waals surface area contributed by atoms with E-state index in [-0.39, 0.29) is 24.2 Å². The van der Waals surface area contributed by atoms with Crippen molar-refractivity contribution in [2.24, 2.45) is 0 Å². The number of hydrogen-bond donors (Lipinski definition) is 2. The summed E-state index contributed by atoms with van der Waals surface area (Å²) in [6.07, 6.45) is 1.44. The van der Waals surface area contributed by atoms with Gasteiger partial charge in [0.25, 0.3) is 11.8 Å². The van der Waals surface area contributed by atoms with Crippen LogP contribution in [0.3, 0.4) is 0 Å². The number of thiazole rings is 1. The summed E-state index contributed by atoms with van der Waals surface area (Å²) in [6.45, 7) is 2.36. The summed E-state index contributed by atoms with van der Waals surface area (Å²) >= 11 is 7.17. The normalized spacial score (nSPS) is 10.6. The number of amides is 2. The van der Waals surface area contributed by atoms with Crippen LogP contribution in [0.25, 0.3) is 0 Å². The molecule has 0 bridgehead atoms. The summed E-state index contributed by atoms with van der Waals surface area (Å²) < 4.78 is 10.8. The molecule has 2 aromatic heterocycles. The molecular formula is C24H20ClN3O4S. The van der Waals surface area contributed by atoms with E-state index in [0.29, 0.717) is 38.6 Å².